The summed E-state index contributed by atoms with van der Waals surface area (Å²) in [5.74, 6) is -1.08. The zero-order chi connectivity index (χ0) is 26.3. The number of rotatable bonds is 7. The second-order valence-electron chi connectivity index (χ2n) is 5.94. The minimum Gasteiger partial charge on any atom is -0.358 e. The van der Waals surface area contributed by atoms with E-state index in [1.54, 1.807) is 12.1 Å². The average Bonchev–Trinajstić information content (AvgIpc) is 3.35. The normalized spacial score (nSPS) is 23.2. The van der Waals surface area contributed by atoms with E-state index in [0.29, 0.717) is 4.88 Å². The number of para-hydroxylation sites is 1. The van der Waals surface area contributed by atoms with E-state index in [1.807, 2.05) is 10.3 Å². The summed E-state index contributed by atoms with van der Waals surface area (Å²) in [4.78, 5) is 16.7. The van der Waals surface area contributed by atoms with Gasteiger partial charge in [0.1, 0.15) is 5.72 Å². The molecule has 26 heavy (non-hydrogen) atoms. The van der Waals surface area contributed by atoms with Crippen LogP contribution in [0.4, 0.5) is 5.69 Å². The van der Waals surface area contributed by atoms with Crippen LogP contribution < -0.4 is 4.90 Å². The number of benzene rings is 1. The van der Waals surface area contributed by atoms with Crippen molar-refractivity contribution in [2.24, 2.45) is 0 Å². The lowest BCUT2D eigenvalue weighted by Gasteiger charge is -2.47. The van der Waals surface area contributed by atoms with Crippen LogP contribution in [0.1, 0.15) is 43.4 Å². The third kappa shape index (κ3) is 4.17. The predicted molar refractivity (Wildman–Crippen MR) is 108 cm³/mol. The van der Waals surface area contributed by atoms with Crippen LogP contribution in [0.3, 0.4) is 0 Å². The van der Waals surface area contributed by atoms with Crippen LogP contribution in [0.5, 0.6) is 0 Å². The van der Waals surface area contributed by atoms with Gasteiger partial charge in [-0.2, -0.15) is 0 Å². The lowest BCUT2D eigenvalue weighted by Crippen LogP contribution is -2.59. The molecule has 4 nitrogen and oxygen atoms in total. The molecule has 1 aromatic heterocycles. The molecule has 5 heteroatoms. The number of piperidine rings is 1. The fourth-order valence-electron chi connectivity index (χ4n) is 3.11. The van der Waals surface area contributed by atoms with E-state index in [-0.39, 0.29) is 32.5 Å². The average molecular weight is 382 g/mol. The fraction of sp³-hybridized carbons (Fsp3) is 0.476. The largest absolute Gasteiger partial charge is 0.358 e. The zero-order valence-electron chi connectivity index (χ0n) is 23.9. The van der Waals surface area contributed by atoms with Crippen LogP contribution >= 0.6 is 11.3 Å². The van der Waals surface area contributed by atoms with Crippen molar-refractivity contribution in [3.63, 3.8) is 0 Å². The summed E-state index contributed by atoms with van der Waals surface area (Å²) in [6.07, 6.45) is -3.77. The Bertz CT molecular complexity index is 1050. The molecule has 2 heterocycles. The first-order chi connectivity index (χ1) is 16.2. The highest BCUT2D eigenvalue weighted by Gasteiger charge is 2.42. The molecule has 1 saturated heterocycles. The number of hydrogen-bond acceptors (Lipinski definition) is 4. The van der Waals surface area contributed by atoms with E-state index in [0.717, 1.165) is 11.8 Å². The molecule has 2 aromatic rings. The summed E-state index contributed by atoms with van der Waals surface area (Å²) < 4.78 is 79.4. The van der Waals surface area contributed by atoms with Gasteiger partial charge in [0.15, 0.2) is 0 Å². The second kappa shape index (κ2) is 8.80. The molecule has 0 bridgehead atoms. The maximum atomic E-state index is 13.4. The Morgan fingerprint density at radius 1 is 1.38 bits per heavy atom. The smallest absolute Gasteiger partial charge is 0.229 e. The Hall–Kier alpha value is -1.69. The number of methoxy groups -OCH3 is 1. The highest BCUT2D eigenvalue weighted by Crippen LogP contribution is 2.34. The van der Waals surface area contributed by atoms with Gasteiger partial charge < -0.3 is 9.64 Å². The van der Waals surface area contributed by atoms with Crippen molar-refractivity contribution in [1.29, 1.82) is 0 Å². The molecule has 3 rings (SSSR count). The van der Waals surface area contributed by atoms with Crippen LogP contribution in [0, 0.1) is 0 Å². The number of likely N-dealkylation sites (tertiary alicyclic amines) is 1. The van der Waals surface area contributed by atoms with E-state index in [1.165, 1.54) is 18.4 Å². The predicted octanol–water partition coefficient (Wildman–Crippen LogP) is 4.17. The second-order valence-corrected chi connectivity index (χ2v) is 6.89. The van der Waals surface area contributed by atoms with Crippen molar-refractivity contribution in [2.45, 2.75) is 38.2 Å². The number of amides is 1. The van der Waals surface area contributed by atoms with Gasteiger partial charge in [0.05, 0.1) is 6.85 Å². The summed E-state index contributed by atoms with van der Waals surface area (Å²) >= 11 is 1.33. The lowest BCUT2D eigenvalue weighted by molar-refractivity contribution is -0.128. The first kappa shape index (κ1) is 10.6. The SMILES string of the molecule is [2H]c1c([2H])c([2H])c(N(C(=O)C([2H])([2H])C)C2(OC)CCN(CC([2H])([2H])c3cccs3)CC2)c([2H])c1[2H]. The summed E-state index contributed by atoms with van der Waals surface area (Å²) in [6.45, 7) is 1.72. The molecule has 0 N–H and O–H groups in total. The number of nitrogens with zero attached hydrogens (tertiary/aromatic N) is 2. The molecule has 0 radical (unpaired) electrons. The fourth-order valence-corrected chi connectivity index (χ4v) is 3.71. The van der Waals surface area contributed by atoms with E-state index in [2.05, 4.69) is 0 Å². The molecule has 0 unspecified atom stereocenters. The lowest BCUT2D eigenvalue weighted by atomic mass is 9.96. The van der Waals surface area contributed by atoms with Gasteiger partial charge in [-0.05, 0) is 29.9 Å². The molecule has 1 fully saturated rings. The topological polar surface area (TPSA) is 32.8 Å². The zero-order valence-corrected chi connectivity index (χ0v) is 15.7. The van der Waals surface area contributed by atoms with Gasteiger partial charge in [-0.15, -0.1) is 11.3 Å². The number of carbonyl (C=O) groups excluding carboxylic acids is 1. The number of ether oxygens (including phenoxy) is 1. The molecular weight excluding hydrogens is 344 g/mol. The standard InChI is InChI=1S/C21H28N2O2S/c1-3-20(24)23(18-8-5-4-6-9-18)21(25-2)12-15-22(16-13-21)14-11-19-10-7-17-26-19/h4-10,17H,3,11-16H2,1-2H3/i3D2,4D,5D,6D,8D,9D,11D2. The Balaban J connectivity index is 2.01. The van der Waals surface area contributed by atoms with Crippen LogP contribution in [0.2, 0.25) is 0 Å². The maximum absolute atomic E-state index is 13.4. The highest BCUT2D eigenvalue weighted by molar-refractivity contribution is 7.09. The third-order valence-corrected chi connectivity index (χ3v) is 5.38. The van der Waals surface area contributed by atoms with Crippen molar-refractivity contribution in [1.82, 2.24) is 4.90 Å². The molecule has 1 aromatic carbocycles. The molecule has 140 valence electrons. The Labute approximate surface area is 173 Å². The van der Waals surface area contributed by atoms with Crippen LogP contribution in [0.15, 0.2) is 47.7 Å². The van der Waals surface area contributed by atoms with E-state index < -0.39 is 60.3 Å². The van der Waals surface area contributed by atoms with Gasteiger partial charge >= 0.3 is 0 Å². The van der Waals surface area contributed by atoms with E-state index in [4.69, 9.17) is 17.1 Å². The molecule has 1 aliphatic rings. The van der Waals surface area contributed by atoms with Crippen LogP contribution in [-0.4, -0.2) is 43.3 Å². The molecule has 0 spiro atoms. The van der Waals surface area contributed by atoms with Gasteiger partial charge in [0.25, 0.3) is 0 Å². The van der Waals surface area contributed by atoms with Crippen LogP contribution in [0.25, 0.3) is 0 Å². The van der Waals surface area contributed by atoms with Gasteiger partial charge in [0.2, 0.25) is 5.91 Å². The number of carbonyl (C=O) groups is 1. The van der Waals surface area contributed by atoms with Crippen LogP contribution in [-0.2, 0) is 15.9 Å². The summed E-state index contributed by atoms with van der Waals surface area (Å²) in [5.41, 5.74) is -1.92. The minimum absolute atomic E-state index is 0.102. The molecule has 0 aliphatic carbocycles. The van der Waals surface area contributed by atoms with Gasteiger partial charge in [-0.25, -0.2) is 0 Å². The summed E-state index contributed by atoms with van der Waals surface area (Å²) in [6, 6.07) is 0.380. The minimum atomic E-state index is -2.41. The van der Waals surface area contributed by atoms with Crippen molar-refractivity contribution >= 4 is 22.9 Å². The van der Waals surface area contributed by atoms with Crippen molar-refractivity contribution < 1.29 is 21.9 Å². The Kier molecular flexibility index (Phi) is 3.59. The first-order valence-corrected chi connectivity index (χ1v) is 9.27. The Morgan fingerprint density at radius 2 is 2.12 bits per heavy atom. The van der Waals surface area contributed by atoms with Crippen molar-refractivity contribution in [3.05, 3.63) is 52.6 Å². The van der Waals surface area contributed by atoms with E-state index in [9.17, 15) is 4.79 Å². The first-order valence-electron chi connectivity index (χ1n) is 12.9. The summed E-state index contributed by atoms with van der Waals surface area (Å²) in [5, 5.41) is 1.81. The Morgan fingerprint density at radius 3 is 2.69 bits per heavy atom. The van der Waals surface area contributed by atoms with Crippen molar-refractivity contribution in [3.8, 4) is 0 Å². The molecule has 1 amide bonds. The molecular formula is C21H28N2O2S. The number of hydrogen-bond donors (Lipinski definition) is 0. The monoisotopic (exact) mass is 381 g/mol. The highest BCUT2D eigenvalue weighted by atomic mass is 32.1. The number of anilines is 1. The van der Waals surface area contributed by atoms with E-state index >= 15 is 0 Å². The molecule has 1 aliphatic heterocycles. The van der Waals surface area contributed by atoms with Crippen molar-refractivity contribution in [2.75, 3.05) is 31.6 Å². The van der Waals surface area contributed by atoms with Gasteiger partial charge in [-0.3, -0.25) is 9.69 Å². The molecule has 0 saturated carbocycles. The quantitative estimate of drug-likeness (QED) is 0.675. The third-order valence-electron chi connectivity index (χ3n) is 4.55. The van der Waals surface area contributed by atoms with Gasteiger partial charge in [-0.1, -0.05) is 31.1 Å². The van der Waals surface area contributed by atoms with Gasteiger partial charge in [0, 0.05) is 62.0 Å². The molecule has 0 atom stereocenters. The number of thiophene rings is 1. The summed E-state index contributed by atoms with van der Waals surface area (Å²) in [7, 11) is 1.33. The maximum Gasteiger partial charge on any atom is 0.229 e.